The fourth-order valence-electron chi connectivity index (χ4n) is 2.08. The normalized spacial score (nSPS) is 15.6. The van der Waals surface area contributed by atoms with E-state index in [0.717, 1.165) is 25.7 Å². The third-order valence-electron chi connectivity index (χ3n) is 3.08. The van der Waals surface area contributed by atoms with Gasteiger partial charge in [0.1, 0.15) is 0 Å². The fraction of sp³-hybridized carbons (Fsp3) is 0.833. The summed E-state index contributed by atoms with van der Waals surface area (Å²) < 4.78 is 0. The zero-order valence-electron chi connectivity index (χ0n) is 10.6. The minimum atomic E-state index is -0.335. The number of hydrogen-bond acceptors (Lipinski definition) is 2. The van der Waals surface area contributed by atoms with Crippen LogP contribution in [-0.2, 0) is 4.79 Å². The van der Waals surface area contributed by atoms with Crippen LogP contribution in [0.3, 0.4) is 0 Å². The third kappa shape index (κ3) is 6.14. The molecule has 0 heterocycles. The van der Waals surface area contributed by atoms with E-state index < -0.39 is 0 Å². The molecule has 17 heavy (non-hydrogen) atoms. The second kappa shape index (κ2) is 7.92. The molecule has 0 saturated heterocycles. The summed E-state index contributed by atoms with van der Waals surface area (Å²) in [6, 6.07) is -0.335. The van der Waals surface area contributed by atoms with E-state index in [-0.39, 0.29) is 11.9 Å². The van der Waals surface area contributed by atoms with Crippen molar-refractivity contribution in [3.8, 4) is 0 Å². The summed E-state index contributed by atoms with van der Waals surface area (Å²) in [4.78, 5) is 22.7. The van der Waals surface area contributed by atoms with E-state index in [4.69, 9.17) is 0 Å². The lowest BCUT2D eigenvalue weighted by atomic mass is 10.0. The molecule has 0 unspecified atom stereocenters. The summed E-state index contributed by atoms with van der Waals surface area (Å²) in [7, 11) is 0. The quantitative estimate of drug-likeness (QED) is 0.506. The number of carbonyl (C=O) groups is 2. The first-order valence-electron chi connectivity index (χ1n) is 6.55. The molecular weight excluding hydrogens is 218 g/mol. The highest BCUT2D eigenvalue weighted by molar-refractivity contribution is 5.81. The minimum Gasteiger partial charge on any atom is -0.337 e. The zero-order chi connectivity index (χ0) is 12.5. The van der Waals surface area contributed by atoms with E-state index >= 15 is 0 Å². The Morgan fingerprint density at radius 2 is 1.88 bits per heavy atom. The van der Waals surface area contributed by atoms with Crippen LogP contribution in [0.25, 0.3) is 0 Å². The van der Waals surface area contributed by atoms with Crippen molar-refractivity contribution in [3.63, 3.8) is 0 Å². The van der Waals surface area contributed by atoms with Gasteiger partial charge in [0, 0.05) is 13.0 Å². The number of urea groups is 1. The van der Waals surface area contributed by atoms with Gasteiger partial charge in [-0.2, -0.15) is 0 Å². The first kappa shape index (κ1) is 13.8. The molecule has 1 rings (SSSR count). The van der Waals surface area contributed by atoms with Gasteiger partial charge in [-0.1, -0.05) is 26.2 Å². The maximum atomic E-state index is 11.5. The molecule has 0 aliphatic heterocycles. The van der Waals surface area contributed by atoms with E-state index in [1.165, 1.54) is 12.8 Å². The first-order chi connectivity index (χ1) is 8.22. The van der Waals surface area contributed by atoms with Crippen molar-refractivity contribution >= 4 is 11.9 Å². The molecule has 1 saturated carbocycles. The van der Waals surface area contributed by atoms with Gasteiger partial charge >= 0.3 is 6.03 Å². The number of unbranched alkanes of at least 4 members (excludes halogenated alkanes) is 1. The van der Waals surface area contributed by atoms with Gasteiger partial charge in [-0.05, 0) is 25.2 Å². The number of nitrogens with one attached hydrogen (secondary N) is 3. The van der Waals surface area contributed by atoms with Crippen molar-refractivity contribution in [2.75, 3.05) is 6.54 Å². The van der Waals surface area contributed by atoms with Crippen LogP contribution in [0.4, 0.5) is 4.79 Å². The molecule has 0 bridgehead atoms. The highest BCUT2D eigenvalue weighted by Gasteiger charge is 2.18. The van der Waals surface area contributed by atoms with Gasteiger partial charge in [0.05, 0.1) is 0 Å². The number of rotatable bonds is 5. The maximum absolute atomic E-state index is 11.5. The average molecular weight is 241 g/mol. The first-order valence-corrected chi connectivity index (χ1v) is 6.55. The summed E-state index contributed by atoms with van der Waals surface area (Å²) in [5.41, 5.74) is 4.80. The average Bonchev–Trinajstić information content (AvgIpc) is 2.79. The molecule has 1 aliphatic carbocycles. The molecule has 0 spiro atoms. The molecule has 98 valence electrons. The zero-order valence-corrected chi connectivity index (χ0v) is 10.6. The standard InChI is InChI=1S/C12H23N3O2/c1-2-3-8-13-12(17)15-14-11(16)9-10-6-4-5-7-10/h10H,2-9H2,1H3,(H,14,16)(H2,13,15,17). The Labute approximate surface area is 103 Å². The summed E-state index contributed by atoms with van der Waals surface area (Å²) in [5.74, 6) is 0.405. The Bertz CT molecular complexity index is 250. The highest BCUT2D eigenvalue weighted by atomic mass is 16.2. The van der Waals surface area contributed by atoms with Crippen molar-refractivity contribution in [1.82, 2.24) is 16.2 Å². The van der Waals surface area contributed by atoms with Gasteiger partial charge < -0.3 is 5.32 Å². The SMILES string of the molecule is CCCCNC(=O)NNC(=O)CC1CCCC1. The van der Waals surface area contributed by atoms with Gasteiger partial charge in [0.25, 0.3) is 0 Å². The Morgan fingerprint density at radius 3 is 2.53 bits per heavy atom. The van der Waals surface area contributed by atoms with Crippen LogP contribution in [0.1, 0.15) is 51.9 Å². The lowest BCUT2D eigenvalue weighted by Crippen LogP contribution is -2.47. The van der Waals surface area contributed by atoms with Crippen LogP contribution in [0.15, 0.2) is 0 Å². The van der Waals surface area contributed by atoms with Gasteiger partial charge in [-0.15, -0.1) is 0 Å². The largest absolute Gasteiger partial charge is 0.337 e. The summed E-state index contributed by atoms with van der Waals surface area (Å²) in [6.07, 6.45) is 7.23. The number of carbonyl (C=O) groups excluding carboxylic acids is 2. The van der Waals surface area contributed by atoms with Gasteiger partial charge in [-0.25, -0.2) is 10.2 Å². The molecule has 5 heteroatoms. The van der Waals surface area contributed by atoms with Crippen LogP contribution >= 0.6 is 0 Å². The molecule has 0 aromatic carbocycles. The van der Waals surface area contributed by atoms with Crippen LogP contribution in [-0.4, -0.2) is 18.5 Å². The Hall–Kier alpha value is -1.26. The number of hydrazine groups is 1. The number of amides is 3. The second-order valence-corrected chi connectivity index (χ2v) is 4.64. The molecule has 0 radical (unpaired) electrons. The summed E-state index contributed by atoms with van der Waals surface area (Å²) in [6.45, 7) is 2.70. The lowest BCUT2D eigenvalue weighted by molar-refractivity contribution is -0.122. The summed E-state index contributed by atoms with van der Waals surface area (Å²) >= 11 is 0. The van der Waals surface area contributed by atoms with Crippen LogP contribution in [0.2, 0.25) is 0 Å². The fourth-order valence-corrected chi connectivity index (χ4v) is 2.08. The molecule has 5 nitrogen and oxygen atoms in total. The lowest BCUT2D eigenvalue weighted by Gasteiger charge is -2.11. The third-order valence-corrected chi connectivity index (χ3v) is 3.08. The Kier molecular flexibility index (Phi) is 6.43. The topological polar surface area (TPSA) is 70.2 Å². The Balaban J connectivity index is 2.04. The van der Waals surface area contributed by atoms with Crippen molar-refractivity contribution in [3.05, 3.63) is 0 Å². The molecule has 0 atom stereocenters. The van der Waals surface area contributed by atoms with Crippen LogP contribution < -0.4 is 16.2 Å². The maximum Gasteiger partial charge on any atom is 0.333 e. The Morgan fingerprint density at radius 1 is 1.18 bits per heavy atom. The van der Waals surface area contributed by atoms with Crippen LogP contribution in [0.5, 0.6) is 0 Å². The van der Waals surface area contributed by atoms with E-state index in [9.17, 15) is 9.59 Å². The van der Waals surface area contributed by atoms with Gasteiger partial charge in [-0.3, -0.25) is 10.2 Å². The van der Waals surface area contributed by atoms with Crippen molar-refractivity contribution in [1.29, 1.82) is 0 Å². The molecule has 3 N–H and O–H groups in total. The smallest absolute Gasteiger partial charge is 0.333 e. The molecule has 1 fully saturated rings. The molecular formula is C12H23N3O2. The molecule has 3 amide bonds. The minimum absolute atomic E-state index is 0.0949. The monoisotopic (exact) mass is 241 g/mol. The molecule has 1 aliphatic rings. The number of hydrogen-bond donors (Lipinski definition) is 3. The van der Waals surface area contributed by atoms with Gasteiger partial charge in [0.15, 0.2) is 0 Å². The van der Waals surface area contributed by atoms with E-state index in [2.05, 4.69) is 23.1 Å². The van der Waals surface area contributed by atoms with Crippen LogP contribution in [0, 0.1) is 5.92 Å². The summed E-state index contributed by atoms with van der Waals surface area (Å²) in [5, 5.41) is 2.67. The van der Waals surface area contributed by atoms with E-state index in [0.29, 0.717) is 18.9 Å². The van der Waals surface area contributed by atoms with Crippen molar-refractivity contribution < 1.29 is 9.59 Å². The van der Waals surface area contributed by atoms with Crippen molar-refractivity contribution in [2.24, 2.45) is 5.92 Å². The second-order valence-electron chi connectivity index (χ2n) is 4.64. The van der Waals surface area contributed by atoms with Crippen molar-refractivity contribution in [2.45, 2.75) is 51.9 Å². The predicted octanol–water partition coefficient (Wildman–Crippen LogP) is 1.70. The molecule has 0 aromatic rings. The van der Waals surface area contributed by atoms with Gasteiger partial charge in [0.2, 0.25) is 5.91 Å². The van der Waals surface area contributed by atoms with E-state index in [1.807, 2.05) is 0 Å². The molecule has 0 aromatic heterocycles. The highest BCUT2D eigenvalue weighted by Crippen LogP contribution is 2.27. The van der Waals surface area contributed by atoms with E-state index in [1.54, 1.807) is 0 Å². The predicted molar refractivity (Wildman–Crippen MR) is 66.2 cm³/mol.